The number of hydrogen-bond acceptors (Lipinski definition) is 3. The van der Waals surface area contributed by atoms with Crippen LogP contribution >= 0.6 is 0 Å². The Morgan fingerprint density at radius 3 is 2.22 bits per heavy atom. The Kier molecular flexibility index (Phi) is 2.08. The summed E-state index contributed by atoms with van der Waals surface area (Å²) in [7, 11) is 0. The van der Waals surface area contributed by atoms with Crippen molar-refractivity contribution >= 4 is 0 Å². The van der Waals surface area contributed by atoms with Gasteiger partial charge in [-0.05, 0) is 6.20 Å². The van der Waals surface area contributed by atoms with Gasteiger partial charge in [0.2, 0.25) is 0 Å². The molecule has 0 aromatic rings. The van der Waals surface area contributed by atoms with Gasteiger partial charge in [0.25, 0.3) is 0 Å². The maximum atomic E-state index is 5.52. The molecule has 9 heavy (non-hydrogen) atoms. The SMILES string of the molecule is C=CN1CCN(N)CC1. The molecule has 0 spiro atoms. The van der Waals surface area contributed by atoms with E-state index in [2.05, 4.69) is 11.5 Å². The fourth-order valence-corrected chi connectivity index (χ4v) is 0.920. The molecule has 1 saturated heterocycles. The molecule has 0 unspecified atom stereocenters. The Hall–Kier alpha value is -0.540. The number of nitrogens with zero attached hydrogens (tertiary/aromatic N) is 2. The van der Waals surface area contributed by atoms with Gasteiger partial charge in [0.05, 0.1) is 0 Å². The molecule has 1 rings (SSSR count). The first kappa shape index (κ1) is 6.58. The average Bonchev–Trinajstić information content (AvgIpc) is 1.90. The summed E-state index contributed by atoms with van der Waals surface area (Å²) in [6, 6.07) is 0. The third-order valence-corrected chi connectivity index (χ3v) is 1.61. The lowest BCUT2D eigenvalue weighted by atomic mass is 10.4. The molecule has 1 fully saturated rings. The van der Waals surface area contributed by atoms with E-state index < -0.39 is 0 Å². The van der Waals surface area contributed by atoms with Crippen LogP contribution in [0, 0.1) is 0 Å². The highest BCUT2D eigenvalue weighted by Crippen LogP contribution is 1.95. The van der Waals surface area contributed by atoms with Crippen LogP contribution < -0.4 is 5.84 Å². The zero-order valence-electron chi connectivity index (χ0n) is 5.58. The summed E-state index contributed by atoms with van der Waals surface area (Å²) in [5.41, 5.74) is 0. The fourth-order valence-electron chi connectivity index (χ4n) is 0.920. The quantitative estimate of drug-likeness (QED) is 0.487. The van der Waals surface area contributed by atoms with Crippen LogP contribution in [0.3, 0.4) is 0 Å². The van der Waals surface area contributed by atoms with Crippen molar-refractivity contribution < 1.29 is 0 Å². The topological polar surface area (TPSA) is 32.5 Å². The Bertz CT molecular complexity index is 94.5. The lowest BCUT2D eigenvalue weighted by Crippen LogP contribution is -2.47. The molecule has 0 amide bonds. The number of nitrogens with two attached hydrogens (primary N) is 1. The van der Waals surface area contributed by atoms with Crippen molar-refractivity contribution in [1.29, 1.82) is 0 Å². The van der Waals surface area contributed by atoms with Crippen molar-refractivity contribution in [2.24, 2.45) is 5.84 Å². The molecule has 3 heteroatoms. The van der Waals surface area contributed by atoms with Crippen LogP contribution in [-0.4, -0.2) is 36.1 Å². The monoisotopic (exact) mass is 127 g/mol. The number of hydrazine groups is 1. The minimum absolute atomic E-state index is 0.950. The van der Waals surface area contributed by atoms with E-state index in [-0.39, 0.29) is 0 Å². The standard InChI is InChI=1S/C6H13N3/c1-2-8-3-5-9(7)6-4-8/h2H,1,3-7H2. The van der Waals surface area contributed by atoms with Crippen LogP contribution in [0.5, 0.6) is 0 Å². The van der Waals surface area contributed by atoms with E-state index in [4.69, 9.17) is 5.84 Å². The number of hydrogen-bond donors (Lipinski definition) is 1. The molecule has 2 N–H and O–H groups in total. The van der Waals surface area contributed by atoms with Crippen LogP contribution in [0.25, 0.3) is 0 Å². The van der Waals surface area contributed by atoms with Gasteiger partial charge in [-0.1, -0.05) is 6.58 Å². The van der Waals surface area contributed by atoms with Gasteiger partial charge in [-0.2, -0.15) is 0 Å². The van der Waals surface area contributed by atoms with E-state index in [0.29, 0.717) is 0 Å². The van der Waals surface area contributed by atoms with Gasteiger partial charge in [0.15, 0.2) is 0 Å². The molecular weight excluding hydrogens is 114 g/mol. The first-order valence-corrected chi connectivity index (χ1v) is 3.19. The maximum Gasteiger partial charge on any atom is 0.0314 e. The third kappa shape index (κ3) is 1.69. The summed E-state index contributed by atoms with van der Waals surface area (Å²) in [5, 5.41) is 1.83. The highest BCUT2D eigenvalue weighted by molar-refractivity contribution is 4.76. The molecule has 0 aromatic heterocycles. The average molecular weight is 127 g/mol. The summed E-state index contributed by atoms with van der Waals surface area (Å²) in [4.78, 5) is 2.17. The number of rotatable bonds is 1. The molecule has 0 atom stereocenters. The second kappa shape index (κ2) is 2.85. The Morgan fingerprint density at radius 2 is 1.78 bits per heavy atom. The lowest BCUT2D eigenvalue weighted by molar-refractivity contribution is 0.171. The molecule has 0 bridgehead atoms. The molecule has 52 valence electrons. The highest BCUT2D eigenvalue weighted by atomic mass is 15.4. The van der Waals surface area contributed by atoms with Crippen molar-refractivity contribution in [1.82, 2.24) is 9.91 Å². The molecule has 3 nitrogen and oxygen atoms in total. The Labute approximate surface area is 55.7 Å². The van der Waals surface area contributed by atoms with Crippen molar-refractivity contribution in [3.63, 3.8) is 0 Å². The first-order chi connectivity index (χ1) is 4.33. The summed E-state index contributed by atoms with van der Waals surface area (Å²) in [5.74, 6) is 5.52. The van der Waals surface area contributed by atoms with Crippen LogP contribution in [-0.2, 0) is 0 Å². The minimum Gasteiger partial charge on any atom is -0.375 e. The normalized spacial score (nSPS) is 22.1. The lowest BCUT2D eigenvalue weighted by Gasteiger charge is -2.30. The zero-order valence-corrected chi connectivity index (χ0v) is 5.58. The van der Waals surface area contributed by atoms with E-state index in [0.717, 1.165) is 26.2 Å². The fraction of sp³-hybridized carbons (Fsp3) is 0.667. The van der Waals surface area contributed by atoms with Gasteiger partial charge >= 0.3 is 0 Å². The van der Waals surface area contributed by atoms with Crippen LogP contribution in [0.15, 0.2) is 12.8 Å². The van der Waals surface area contributed by atoms with Gasteiger partial charge in [-0.3, -0.25) is 5.84 Å². The molecule has 0 aliphatic carbocycles. The molecule has 1 heterocycles. The summed E-state index contributed by atoms with van der Waals surface area (Å²) >= 11 is 0. The first-order valence-electron chi connectivity index (χ1n) is 3.19. The molecular formula is C6H13N3. The second-order valence-electron chi connectivity index (χ2n) is 2.25. The van der Waals surface area contributed by atoms with E-state index in [1.807, 2.05) is 11.2 Å². The molecule has 0 radical (unpaired) electrons. The van der Waals surface area contributed by atoms with Gasteiger partial charge in [-0.15, -0.1) is 0 Å². The van der Waals surface area contributed by atoms with Crippen molar-refractivity contribution in [2.75, 3.05) is 26.2 Å². The largest absolute Gasteiger partial charge is 0.375 e. The van der Waals surface area contributed by atoms with Gasteiger partial charge in [0.1, 0.15) is 0 Å². The Balaban J connectivity index is 2.26. The van der Waals surface area contributed by atoms with E-state index in [1.54, 1.807) is 0 Å². The van der Waals surface area contributed by atoms with Gasteiger partial charge < -0.3 is 4.90 Å². The third-order valence-electron chi connectivity index (χ3n) is 1.61. The maximum absolute atomic E-state index is 5.52. The van der Waals surface area contributed by atoms with E-state index in [1.165, 1.54) is 0 Å². The summed E-state index contributed by atoms with van der Waals surface area (Å²) in [6.45, 7) is 7.60. The smallest absolute Gasteiger partial charge is 0.0314 e. The molecule has 1 aliphatic rings. The summed E-state index contributed by atoms with van der Waals surface area (Å²) < 4.78 is 0. The van der Waals surface area contributed by atoms with Gasteiger partial charge in [-0.25, -0.2) is 5.01 Å². The van der Waals surface area contributed by atoms with Crippen LogP contribution in [0.2, 0.25) is 0 Å². The van der Waals surface area contributed by atoms with Crippen LogP contribution in [0.4, 0.5) is 0 Å². The van der Waals surface area contributed by atoms with Gasteiger partial charge in [0, 0.05) is 26.2 Å². The van der Waals surface area contributed by atoms with Crippen molar-refractivity contribution in [2.45, 2.75) is 0 Å². The molecule has 0 aromatic carbocycles. The predicted molar refractivity (Wildman–Crippen MR) is 37.5 cm³/mol. The Morgan fingerprint density at radius 1 is 1.22 bits per heavy atom. The second-order valence-corrected chi connectivity index (χ2v) is 2.25. The van der Waals surface area contributed by atoms with E-state index >= 15 is 0 Å². The molecule has 0 saturated carbocycles. The van der Waals surface area contributed by atoms with Crippen molar-refractivity contribution in [3.8, 4) is 0 Å². The molecule has 1 aliphatic heterocycles. The highest BCUT2D eigenvalue weighted by Gasteiger charge is 2.08. The predicted octanol–water partition coefficient (Wildman–Crippen LogP) is -0.379. The van der Waals surface area contributed by atoms with Crippen molar-refractivity contribution in [3.05, 3.63) is 12.8 Å². The van der Waals surface area contributed by atoms with E-state index in [9.17, 15) is 0 Å². The zero-order chi connectivity index (χ0) is 6.69. The number of piperazine rings is 1. The summed E-state index contributed by atoms with van der Waals surface area (Å²) in [6.07, 6.45) is 1.87. The van der Waals surface area contributed by atoms with Crippen LogP contribution in [0.1, 0.15) is 0 Å². The minimum atomic E-state index is 0.950.